The van der Waals surface area contributed by atoms with E-state index in [1.165, 1.54) is 6.42 Å². The van der Waals surface area contributed by atoms with Gasteiger partial charge in [-0.2, -0.15) is 4.99 Å². The Labute approximate surface area is 234 Å². The van der Waals surface area contributed by atoms with Crippen LogP contribution in [0.5, 0.6) is 0 Å². The van der Waals surface area contributed by atoms with E-state index in [-0.39, 0.29) is 53.1 Å². The first kappa shape index (κ1) is 29.1. The summed E-state index contributed by atoms with van der Waals surface area (Å²) < 4.78 is 1.91. The van der Waals surface area contributed by atoms with E-state index < -0.39 is 11.7 Å². The third-order valence-electron chi connectivity index (χ3n) is 8.29. The van der Waals surface area contributed by atoms with Crippen LogP contribution in [-0.2, 0) is 12.1 Å². The quantitative estimate of drug-likeness (QED) is 0.169. The molecule has 40 heavy (non-hydrogen) atoms. The number of carbonyl (C=O) groups is 1. The number of amides is 1. The number of rotatable bonds is 10. The number of carboxylic acid groups (broad SMARTS) is 1. The van der Waals surface area contributed by atoms with Crippen molar-refractivity contribution in [3.8, 4) is 12.3 Å². The maximum Gasteiger partial charge on any atom is 0.433 e. The molecular formula is C28H39N9O3. The predicted molar refractivity (Wildman–Crippen MR) is 155 cm³/mol. The summed E-state index contributed by atoms with van der Waals surface area (Å²) in [6.07, 6.45) is 13.0. The number of nitrogens with one attached hydrogen (secondary N) is 2. The van der Waals surface area contributed by atoms with Crippen LogP contribution in [0, 0.1) is 35.5 Å². The first-order valence-corrected chi connectivity index (χ1v) is 13.8. The number of amidine groups is 1. The molecule has 2 heterocycles. The fourth-order valence-electron chi connectivity index (χ4n) is 5.51. The van der Waals surface area contributed by atoms with E-state index in [0.717, 1.165) is 38.5 Å². The predicted octanol–water partition coefficient (Wildman–Crippen LogP) is 3.57. The lowest BCUT2D eigenvalue weighted by atomic mass is 9.80. The molecule has 1 amide bonds. The molecule has 2 aliphatic carbocycles. The SMILES string of the molecule is C#CC1CCC(Cn2c(C(C)(O)C(=N)CC=NC)nc3nc(C(N)=NC(=O)O)nc(NC(C)C4CCC4)c32)CC1. The minimum atomic E-state index is -1.73. The highest BCUT2D eigenvalue weighted by atomic mass is 16.4. The summed E-state index contributed by atoms with van der Waals surface area (Å²) in [7, 11) is 1.62. The molecule has 12 heteroatoms. The number of imidazole rings is 1. The molecule has 0 saturated heterocycles. The molecule has 2 fully saturated rings. The normalized spacial score (nSPS) is 22.4. The van der Waals surface area contributed by atoms with Gasteiger partial charge in [-0.25, -0.2) is 19.7 Å². The molecule has 0 aromatic carbocycles. The van der Waals surface area contributed by atoms with E-state index in [4.69, 9.17) is 27.7 Å². The number of terminal acetylenes is 1. The molecule has 0 bridgehead atoms. The Kier molecular flexibility index (Phi) is 8.83. The van der Waals surface area contributed by atoms with E-state index in [9.17, 15) is 9.90 Å². The third-order valence-corrected chi connectivity index (χ3v) is 8.29. The number of anilines is 1. The van der Waals surface area contributed by atoms with Crippen molar-refractivity contribution in [2.45, 2.75) is 83.4 Å². The average Bonchev–Trinajstić information content (AvgIpc) is 3.25. The van der Waals surface area contributed by atoms with Gasteiger partial charge in [0.25, 0.3) is 0 Å². The van der Waals surface area contributed by atoms with Gasteiger partial charge < -0.3 is 36.2 Å². The Morgan fingerprint density at radius 1 is 1.30 bits per heavy atom. The lowest BCUT2D eigenvalue weighted by Crippen LogP contribution is -2.36. The van der Waals surface area contributed by atoms with Crippen LogP contribution in [-0.4, -0.2) is 66.7 Å². The van der Waals surface area contributed by atoms with Crippen LogP contribution in [0.4, 0.5) is 10.6 Å². The Balaban J connectivity index is 1.88. The molecule has 214 valence electrons. The van der Waals surface area contributed by atoms with Crippen LogP contribution >= 0.6 is 0 Å². The monoisotopic (exact) mass is 549 g/mol. The molecule has 2 aromatic rings. The molecule has 2 aromatic heterocycles. The molecule has 2 unspecified atom stereocenters. The molecule has 0 aliphatic heterocycles. The van der Waals surface area contributed by atoms with Gasteiger partial charge in [-0.1, -0.05) is 6.42 Å². The maximum absolute atomic E-state index is 11.7. The number of nitrogens with two attached hydrogens (primary N) is 1. The van der Waals surface area contributed by atoms with Gasteiger partial charge in [-0.3, -0.25) is 0 Å². The summed E-state index contributed by atoms with van der Waals surface area (Å²) in [6.45, 7) is 4.16. The highest BCUT2D eigenvalue weighted by Gasteiger charge is 2.37. The number of aliphatic imine (C=N–C) groups is 2. The fourth-order valence-corrected chi connectivity index (χ4v) is 5.51. The molecule has 2 saturated carbocycles. The first-order chi connectivity index (χ1) is 19.0. The maximum atomic E-state index is 11.7. The topological polar surface area (TPSA) is 188 Å². The van der Waals surface area contributed by atoms with Crippen molar-refractivity contribution in [1.82, 2.24) is 19.5 Å². The molecule has 2 atom stereocenters. The van der Waals surface area contributed by atoms with Gasteiger partial charge in [0.1, 0.15) is 11.3 Å². The Hall–Kier alpha value is -3.85. The zero-order valence-electron chi connectivity index (χ0n) is 23.4. The fraction of sp³-hybridized carbons (Fsp3) is 0.607. The first-order valence-electron chi connectivity index (χ1n) is 13.8. The van der Waals surface area contributed by atoms with Crippen LogP contribution in [0.3, 0.4) is 0 Å². The Morgan fingerprint density at radius 3 is 2.58 bits per heavy atom. The lowest BCUT2D eigenvalue weighted by Gasteiger charge is -2.33. The van der Waals surface area contributed by atoms with E-state index in [2.05, 4.69) is 38.1 Å². The van der Waals surface area contributed by atoms with Crippen LogP contribution < -0.4 is 11.1 Å². The number of fused-ring (bicyclic) bond motifs is 1. The summed E-state index contributed by atoms with van der Waals surface area (Å²) in [4.78, 5) is 32.4. The summed E-state index contributed by atoms with van der Waals surface area (Å²) in [5.74, 6) is 4.16. The van der Waals surface area contributed by atoms with Gasteiger partial charge in [0.2, 0.25) is 0 Å². The molecule has 2 aliphatic rings. The molecule has 6 N–H and O–H groups in total. The standard InChI is InChI=1S/C28H39N9O3/c1-5-17-9-11-18(12-10-17)15-37-21-23(32-16(2)19-7-6-8-19)34-25(22(30)33-27(38)39)35-24(21)36-26(37)28(3,40)20(29)13-14-31-4/h1,14,16-19,29,40H,6-13,15H2,2-4H3,(H2,30,33)(H,38,39)(H,32,34,35). The summed E-state index contributed by atoms with van der Waals surface area (Å²) in [5, 5.41) is 33.0. The molecule has 12 nitrogen and oxygen atoms in total. The minimum absolute atomic E-state index is 0.0307. The number of aliphatic hydroxyl groups is 1. The second-order valence-electron chi connectivity index (χ2n) is 11.1. The number of nitrogens with zero attached hydrogens (tertiary/aromatic N) is 6. The molecular weight excluding hydrogens is 510 g/mol. The molecule has 0 radical (unpaired) electrons. The van der Waals surface area contributed by atoms with Gasteiger partial charge in [0.05, 0.1) is 5.71 Å². The smallest absolute Gasteiger partial charge is 0.433 e. The number of hydrogen-bond donors (Lipinski definition) is 5. The van der Waals surface area contributed by atoms with Gasteiger partial charge in [-0.05, 0) is 64.2 Å². The lowest BCUT2D eigenvalue weighted by molar-refractivity contribution is 0.114. The van der Waals surface area contributed by atoms with Crippen molar-refractivity contribution < 1.29 is 15.0 Å². The van der Waals surface area contributed by atoms with Crippen molar-refractivity contribution in [3.05, 3.63) is 11.6 Å². The van der Waals surface area contributed by atoms with Gasteiger partial charge >= 0.3 is 6.09 Å². The van der Waals surface area contributed by atoms with E-state index in [1.807, 2.05) is 4.57 Å². The largest absolute Gasteiger partial charge is 0.463 e. The zero-order valence-corrected chi connectivity index (χ0v) is 23.4. The zero-order chi connectivity index (χ0) is 29.0. The van der Waals surface area contributed by atoms with Gasteiger partial charge in [0, 0.05) is 38.2 Å². The third kappa shape index (κ3) is 6.14. The van der Waals surface area contributed by atoms with Crippen molar-refractivity contribution >= 4 is 40.8 Å². The van der Waals surface area contributed by atoms with Crippen molar-refractivity contribution in [2.75, 3.05) is 12.4 Å². The Morgan fingerprint density at radius 2 is 2.00 bits per heavy atom. The average molecular weight is 550 g/mol. The van der Waals surface area contributed by atoms with Crippen LogP contribution in [0.25, 0.3) is 11.2 Å². The summed E-state index contributed by atoms with van der Waals surface area (Å²) >= 11 is 0. The van der Waals surface area contributed by atoms with E-state index >= 15 is 0 Å². The van der Waals surface area contributed by atoms with E-state index in [0.29, 0.717) is 23.8 Å². The highest BCUT2D eigenvalue weighted by Crippen LogP contribution is 2.36. The molecule has 4 rings (SSSR count). The Bertz CT molecular complexity index is 1360. The van der Waals surface area contributed by atoms with E-state index in [1.54, 1.807) is 20.2 Å². The summed E-state index contributed by atoms with van der Waals surface area (Å²) in [6, 6.07) is 0.0785. The van der Waals surface area contributed by atoms with Crippen molar-refractivity contribution in [3.63, 3.8) is 0 Å². The second-order valence-corrected chi connectivity index (χ2v) is 11.1. The van der Waals surface area contributed by atoms with Gasteiger partial charge in [0.15, 0.2) is 28.7 Å². The van der Waals surface area contributed by atoms with Crippen LogP contribution in [0.1, 0.15) is 76.9 Å². The highest BCUT2D eigenvalue weighted by molar-refractivity contribution is 6.02. The second kappa shape index (κ2) is 12.1. The van der Waals surface area contributed by atoms with Crippen LogP contribution in [0.15, 0.2) is 9.98 Å². The van der Waals surface area contributed by atoms with Gasteiger partial charge in [-0.15, -0.1) is 12.3 Å². The van der Waals surface area contributed by atoms with Crippen molar-refractivity contribution in [2.24, 2.45) is 33.5 Å². The summed E-state index contributed by atoms with van der Waals surface area (Å²) in [5.41, 5.74) is 5.08. The van der Waals surface area contributed by atoms with Crippen molar-refractivity contribution in [1.29, 1.82) is 5.41 Å². The number of hydrogen-bond acceptors (Lipinski definition) is 8. The van der Waals surface area contributed by atoms with Crippen LogP contribution in [0.2, 0.25) is 0 Å². The molecule has 0 spiro atoms. The minimum Gasteiger partial charge on any atom is -0.463 e. The number of aromatic nitrogens is 4.